The normalized spacial score (nSPS) is 41.5. The van der Waals surface area contributed by atoms with Gasteiger partial charge in [0.1, 0.15) is 5.82 Å². The van der Waals surface area contributed by atoms with Crippen LogP contribution in [-0.4, -0.2) is 14.8 Å². The van der Waals surface area contributed by atoms with Gasteiger partial charge in [-0.1, -0.05) is 0 Å². The summed E-state index contributed by atoms with van der Waals surface area (Å²) in [5.41, 5.74) is 0.559. The van der Waals surface area contributed by atoms with Crippen LogP contribution in [0.15, 0.2) is 0 Å². The van der Waals surface area contributed by atoms with E-state index in [-0.39, 0.29) is 0 Å². The molecule has 1 aromatic rings. The van der Waals surface area contributed by atoms with Crippen molar-refractivity contribution < 1.29 is 0 Å². The average Bonchev–Trinajstić information content (AvgIpc) is 2.58. The Morgan fingerprint density at radius 1 is 1.22 bits per heavy atom. The van der Waals surface area contributed by atoms with Crippen LogP contribution in [0.1, 0.15) is 44.3 Å². The molecule has 18 heavy (non-hydrogen) atoms. The fourth-order valence-corrected chi connectivity index (χ4v) is 5.53. The van der Waals surface area contributed by atoms with Crippen molar-refractivity contribution in [2.24, 2.45) is 30.2 Å². The zero-order valence-corrected chi connectivity index (χ0v) is 11.8. The molecule has 0 spiro atoms. The molecule has 4 fully saturated rings. The Kier molecular flexibility index (Phi) is 2.30. The van der Waals surface area contributed by atoms with Crippen molar-refractivity contribution >= 4 is 12.2 Å². The van der Waals surface area contributed by atoms with E-state index in [1.54, 1.807) is 0 Å². The van der Waals surface area contributed by atoms with Crippen LogP contribution < -0.4 is 0 Å². The third kappa shape index (κ3) is 1.61. The number of rotatable bonds is 2. The minimum absolute atomic E-state index is 0.559. The first-order valence-electron chi connectivity index (χ1n) is 7.24. The van der Waals surface area contributed by atoms with Crippen molar-refractivity contribution in [3.05, 3.63) is 10.6 Å². The first-order valence-corrected chi connectivity index (χ1v) is 7.65. The van der Waals surface area contributed by atoms with Crippen molar-refractivity contribution in [2.45, 2.75) is 44.9 Å². The monoisotopic (exact) mass is 263 g/mol. The van der Waals surface area contributed by atoms with Gasteiger partial charge in [0.05, 0.1) is 0 Å². The van der Waals surface area contributed by atoms with Gasteiger partial charge in [-0.3, -0.25) is 5.10 Å². The lowest BCUT2D eigenvalue weighted by Gasteiger charge is -2.56. The van der Waals surface area contributed by atoms with E-state index in [0.717, 1.165) is 28.9 Å². The maximum Gasteiger partial charge on any atom is 0.194 e. The lowest BCUT2D eigenvalue weighted by molar-refractivity contribution is -0.0535. The molecule has 5 rings (SSSR count). The standard InChI is InChI=1S/C14H21N3S/c1-17-12(15-16-13(17)18)8-14-5-9-2-10(6-14)4-11(3-9)7-14/h9-11H,2-8H2,1H3,(H,16,18). The number of hydrogen-bond donors (Lipinski definition) is 1. The fraction of sp³-hybridized carbons (Fsp3) is 0.857. The minimum atomic E-state index is 0.559. The first-order chi connectivity index (χ1) is 8.63. The smallest absolute Gasteiger partial charge is 0.194 e. The Morgan fingerprint density at radius 2 is 1.78 bits per heavy atom. The van der Waals surface area contributed by atoms with Crippen LogP contribution in [0.2, 0.25) is 0 Å². The van der Waals surface area contributed by atoms with Crippen LogP contribution in [0.25, 0.3) is 0 Å². The van der Waals surface area contributed by atoms with E-state index in [1.807, 2.05) is 7.05 Å². The molecule has 1 heterocycles. The average molecular weight is 263 g/mol. The molecule has 0 atom stereocenters. The van der Waals surface area contributed by atoms with Crippen LogP contribution in [0, 0.1) is 27.9 Å². The summed E-state index contributed by atoms with van der Waals surface area (Å²) < 4.78 is 2.82. The van der Waals surface area contributed by atoms with E-state index in [1.165, 1.54) is 44.3 Å². The molecule has 4 heteroatoms. The number of H-pyrrole nitrogens is 1. The highest BCUT2D eigenvalue weighted by Crippen LogP contribution is 2.60. The predicted octanol–water partition coefficient (Wildman–Crippen LogP) is 3.24. The van der Waals surface area contributed by atoms with E-state index in [9.17, 15) is 0 Å². The Bertz CT molecular complexity index is 492. The highest BCUT2D eigenvalue weighted by atomic mass is 32.1. The first kappa shape index (κ1) is 11.2. The van der Waals surface area contributed by atoms with Crippen LogP contribution in [-0.2, 0) is 13.5 Å². The maximum absolute atomic E-state index is 5.23. The van der Waals surface area contributed by atoms with Crippen LogP contribution >= 0.6 is 12.2 Å². The van der Waals surface area contributed by atoms with Gasteiger partial charge in [0.2, 0.25) is 0 Å². The third-order valence-electron chi connectivity index (χ3n) is 5.67. The van der Waals surface area contributed by atoms with Crippen molar-refractivity contribution in [2.75, 3.05) is 0 Å². The summed E-state index contributed by atoms with van der Waals surface area (Å²) in [6, 6.07) is 0. The summed E-state index contributed by atoms with van der Waals surface area (Å²) >= 11 is 5.23. The lowest BCUT2D eigenvalue weighted by Crippen LogP contribution is -2.47. The molecule has 1 N–H and O–H groups in total. The lowest BCUT2D eigenvalue weighted by atomic mass is 9.49. The molecule has 1 aromatic heterocycles. The van der Waals surface area contributed by atoms with Crippen LogP contribution in [0.3, 0.4) is 0 Å². The number of aromatic amines is 1. The molecule has 4 aliphatic carbocycles. The van der Waals surface area contributed by atoms with E-state index < -0.39 is 0 Å². The van der Waals surface area contributed by atoms with E-state index in [2.05, 4.69) is 14.8 Å². The van der Waals surface area contributed by atoms with Crippen molar-refractivity contribution in [3.8, 4) is 0 Å². The maximum atomic E-state index is 5.23. The second-order valence-corrected chi connectivity index (χ2v) is 7.49. The van der Waals surface area contributed by atoms with Gasteiger partial charge in [-0.15, -0.1) is 0 Å². The topological polar surface area (TPSA) is 33.6 Å². The summed E-state index contributed by atoms with van der Waals surface area (Å²) in [6.45, 7) is 0. The van der Waals surface area contributed by atoms with Crippen molar-refractivity contribution in [3.63, 3.8) is 0 Å². The summed E-state index contributed by atoms with van der Waals surface area (Å²) in [7, 11) is 2.04. The van der Waals surface area contributed by atoms with Gasteiger partial charge in [-0.25, -0.2) is 0 Å². The van der Waals surface area contributed by atoms with Gasteiger partial charge in [0.15, 0.2) is 4.77 Å². The Morgan fingerprint density at radius 3 is 2.22 bits per heavy atom. The second kappa shape index (κ2) is 3.69. The highest BCUT2D eigenvalue weighted by molar-refractivity contribution is 7.71. The molecule has 4 aliphatic rings. The molecule has 0 saturated heterocycles. The van der Waals surface area contributed by atoms with Gasteiger partial charge >= 0.3 is 0 Å². The summed E-state index contributed by atoms with van der Waals surface area (Å²) in [6.07, 6.45) is 10.0. The number of hydrogen-bond acceptors (Lipinski definition) is 2. The highest BCUT2D eigenvalue weighted by Gasteiger charge is 2.51. The van der Waals surface area contributed by atoms with Gasteiger partial charge in [-0.2, -0.15) is 5.10 Å². The summed E-state index contributed by atoms with van der Waals surface area (Å²) in [5, 5.41) is 7.37. The largest absolute Gasteiger partial charge is 0.307 e. The SMILES string of the molecule is Cn1c(CC23CC4CC(CC(C4)C2)C3)n[nH]c1=S. The molecule has 0 aliphatic heterocycles. The van der Waals surface area contributed by atoms with Gasteiger partial charge in [0, 0.05) is 13.5 Å². The van der Waals surface area contributed by atoms with Crippen LogP contribution in [0.4, 0.5) is 0 Å². The van der Waals surface area contributed by atoms with E-state index in [4.69, 9.17) is 12.2 Å². The predicted molar refractivity (Wildman–Crippen MR) is 72.7 cm³/mol. The van der Waals surface area contributed by atoms with Crippen LogP contribution in [0.5, 0.6) is 0 Å². The molecule has 0 unspecified atom stereocenters. The Labute approximate surface area is 113 Å². The fourth-order valence-electron chi connectivity index (χ4n) is 5.38. The molecule has 0 amide bonds. The van der Waals surface area contributed by atoms with Crippen molar-refractivity contribution in [1.82, 2.24) is 14.8 Å². The third-order valence-corrected chi connectivity index (χ3v) is 6.04. The Hall–Kier alpha value is -0.640. The zero-order chi connectivity index (χ0) is 12.3. The molecule has 3 nitrogen and oxygen atoms in total. The molecular formula is C14H21N3S. The summed E-state index contributed by atoms with van der Waals surface area (Å²) in [5.74, 6) is 4.22. The van der Waals surface area contributed by atoms with Gasteiger partial charge in [-0.05, 0) is 73.9 Å². The second-order valence-electron chi connectivity index (χ2n) is 7.10. The Balaban J connectivity index is 1.64. The van der Waals surface area contributed by atoms with E-state index in [0.29, 0.717) is 5.41 Å². The quantitative estimate of drug-likeness (QED) is 0.831. The number of nitrogens with zero attached hydrogens (tertiary/aromatic N) is 2. The van der Waals surface area contributed by atoms with E-state index >= 15 is 0 Å². The van der Waals surface area contributed by atoms with Gasteiger partial charge < -0.3 is 4.57 Å². The molecule has 4 bridgehead atoms. The van der Waals surface area contributed by atoms with Gasteiger partial charge in [0.25, 0.3) is 0 Å². The number of aromatic nitrogens is 3. The van der Waals surface area contributed by atoms with Crippen molar-refractivity contribution in [1.29, 1.82) is 0 Å². The summed E-state index contributed by atoms with van der Waals surface area (Å²) in [4.78, 5) is 0. The molecule has 0 radical (unpaired) electrons. The molecule has 4 saturated carbocycles. The molecule has 0 aromatic carbocycles. The molecular weight excluding hydrogens is 242 g/mol. The minimum Gasteiger partial charge on any atom is -0.307 e. The number of nitrogens with one attached hydrogen (secondary N) is 1. The molecule has 98 valence electrons. The zero-order valence-electron chi connectivity index (χ0n) is 11.0.